The summed E-state index contributed by atoms with van der Waals surface area (Å²) in [4.78, 5) is 28.2. The van der Waals surface area contributed by atoms with Crippen LogP contribution in [0.5, 0.6) is 0 Å². The number of fused-ring (bicyclic) bond motifs is 1. The lowest BCUT2D eigenvalue weighted by Gasteiger charge is -2.35. The summed E-state index contributed by atoms with van der Waals surface area (Å²) in [7, 11) is 0. The number of aryl methyl sites for hydroxylation is 2. The quantitative estimate of drug-likeness (QED) is 0.790. The predicted octanol–water partition coefficient (Wildman–Crippen LogP) is 3.33. The molecule has 0 bridgehead atoms. The van der Waals surface area contributed by atoms with Gasteiger partial charge in [-0.3, -0.25) is 9.59 Å². The van der Waals surface area contributed by atoms with Crippen molar-refractivity contribution in [3.63, 3.8) is 0 Å². The fourth-order valence-electron chi connectivity index (χ4n) is 4.55. The maximum absolute atomic E-state index is 13.0. The first-order valence-electron chi connectivity index (χ1n) is 9.60. The standard InChI is InChI=1S/C20H23F3N2O2/c21-20(22,23)16-5-2-8-24(12-16)19(27)15-10-18(26)25(11-15)17-7-6-13-3-1-4-14(13)9-17/h6-7,9,15-16H,1-5,8,10-12H2/t15-,16+/m1/s1. The summed E-state index contributed by atoms with van der Waals surface area (Å²) >= 11 is 0. The number of halogens is 3. The maximum atomic E-state index is 13.0. The molecule has 2 saturated heterocycles. The topological polar surface area (TPSA) is 40.6 Å². The zero-order chi connectivity index (χ0) is 19.2. The van der Waals surface area contributed by atoms with E-state index in [2.05, 4.69) is 0 Å². The normalized spacial score (nSPS) is 25.8. The van der Waals surface area contributed by atoms with Crippen molar-refractivity contribution in [3.8, 4) is 0 Å². The molecular formula is C20H23F3N2O2. The number of hydrogen-bond acceptors (Lipinski definition) is 2. The first-order chi connectivity index (χ1) is 12.8. The minimum atomic E-state index is -4.28. The molecule has 0 radical (unpaired) electrons. The minimum absolute atomic E-state index is 0.0676. The van der Waals surface area contributed by atoms with E-state index in [-0.39, 0.29) is 37.7 Å². The molecular weight excluding hydrogens is 357 g/mol. The number of nitrogens with zero attached hydrogens (tertiary/aromatic N) is 2. The van der Waals surface area contributed by atoms with Crippen LogP contribution in [0.25, 0.3) is 0 Å². The Morgan fingerprint density at radius 3 is 2.63 bits per heavy atom. The molecule has 0 N–H and O–H groups in total. The van der Waals surface area contributed by atoms with Gasteiger partial charge in [-0.05, 0) is 55.4 Å². The Balaban J connectivity index is 1.45. The van der Waals surface area contributed by atoms with Crippen LogP contribution in [0, 0.1) is 11.8 Å². The molecule has 2 fully saturated rings. The summed E-state index contributed by atoms with van der Waals surface area (Å²) in [6.07, 6.45) is -0.614. The second-order valence-electron chi connectivity index (χ2n) is 7.88. The number of rotatable bonds is 2. The Kier molecular flexibility index (Phi) is 4.64. The molecule has 4 rings (SSSR count). The number of carbonyl (C=O) groups excluding carboxylic acids is 2. The van der Waals surface area contributed by atoms with Gasteiger partial charge in [-0.15, -0.1) is 0 Å². The van der Waals surface area contributed by atoms with Gasteiger partial charge in [-0.2, -0.15) is 13.2 Å². The van der Waals surface area contributed by atoms with Crippen molar-refractivity contribution in [3.05, 3.63) is 29.3 Å². The first kappa shape index (κ1) is 18.3. The summed E-state index contributed by atoms with van der Waals surface area (Å²) in [5.74, 6) is -2.46. The highest BCUT2D eigenvalue weighted by molar-refractivity contribution is 6.00. The Hall–Kier alpha value is -2.05. The van der Waals surface area contributed by atoms with E-state index in [1.165, 1.54) is 16.0 Å². The highest BCUT2D eigenvalue weighted by Crippen LogP contribution is 2.35. The molecule has 2 heterocycles. The SMILES string of the molecule is O=C([C@@H]1CC(=O)N(c2ccc3c(c2)CCC3)C1)N1CCC[C@H](C(F)(F)F)C1. The average Bonchev–Trinajstić information content (AvgIpc) is 3.26. The zero-order valence-corrected chi connectivity index (χ0v) is 15.1. The van der Waals surface area contributed by atoms with Crippen LogP contribution in [0.2, 0.25) is 0 Å². The van der Waals surface area contributed by atoms with Gasteiger partial charge in [0.15, 0.2) is 0 Å². The van der Waals surface area contributed by atoms with Crippen LogP contribution in [0.15, 0.2) is 18.2 Å². The van der Waals surface area contributed by atoms with Crippen molar-refractivity contribution < 1.29 is 22.8 Å². The molecule has 3 aliphatic rings. The fourth-order valence-corrected chi connectivity index (χ4v) is 4.55. The van der Waals surface area contributed by atoms with E-state index in [4.69, 9.17) is 0 Å². The van der Waals surface area contributed by atoms with Crippen molar-refractivity contribution in [1.29, 1.82) is 0 Å². The van der Waals surface area contributed by atoms with E-state index in [1.807, 2.05) is 18.2 Å². The van der Waals surface area contributed by atoms with E-state index in [9.17, 15) is 22.8 Å². The lowest BCUT2D eigenvalue weighted by molar-refractivity contribution is -0.188. The van der Waals surface area contributed by atoms with Crippen LogP contribution >= 0.6 is 0 Å². The Morgan fingerprint density at radius 1 is 1.07 bits per heavy atom. The number of likely N-dealkylation sites (tertiary alicyclic amines) is 1. The first-order valence-corrected chi connectivity index (χ1v) is 9.60. The molecule has 146 valence electrons. The Labute approximate surface area is 156 Å². The number of anilines is 1. The number of alkyl halides is 3. The number of amides is 2. The van der Waals surface area contributed by atoms with Gasteiger partial charge in [0.25, 0.3) is 0 Å². The molecule has 0 saturated carbocycles. The third-order valence-electron chi connectivity index (χ3n) is 6.06. The number of benzene rings is 1. The smallest absolute Gasteiger partial charge is 0.342 e. The van der Waals surface area contributed by atoms with Gasteiger partial charge >= 0.3 is 6.18 Å². The van der Waals surface area contributed by atoms with Crippen LogP contribution in [0.1, 0.15) is 36.8 Å². The van der Waals surface area contributed by atoms with E-state index < -0.39 is 18.0 Å². The van der Waals surface area contributed by atoms with Gasteiger partial charge in [-0.1, -0.05) is 6.07 Å². The molecule has 27 heavy (non-hydrogen) atoms. The summed E-state index contributed by atoms with van der Waals surface area (Å²) < 4.78 is 39.0. The molecule has 0 spiro atoms. The van der Waals surface area contributed by atoms with Gasteiger partial charge < -0.3 is 9.80 Å². The van der Waals surface area contributed by atoms with Gasteiger partial charge in [0.2, 0.25) is 11.8 Å². The van der Waals surface area contributed by atoms with Crippen molar-refractivity contribution in [2.24, 2.45) is 11.8 Å². The minimum Gasteiger partial charge on any atom is -0.342 e. The van der Waals surface area contributed by atoms with Gasteiger partial charge in [0.1, 0.15) is 0 Å². The van der Waals surface area contributed by atoms with Crippen LogP contribution in [-0.2, 0) is 22.4 Å². The summed E-state index contributed by atoms with van der Waals surface area (Å²) in [5, 5.41) is 0. The monoisotopic (exact) mass is 380 g/mol. The molecule has 2 amide bonds. The molecule has 1 aliphatic carbocycles. The lowest BCUT2D eigenvalue weighted by atomic mass is 9.96. The largest absolute Gasteiger partial charge is 0.393 e. The van der Waals surface area contributed by atoms with Crippen LogP contribution in [-0.4, -0.2) is 42.5 Å². The highest BCUT2D eigenvalue weighted by Gasteiger charge is 2.45. The molecule has 7 heteroatoms. The molecule has 0 unspecified atom stereocenters. The number of carbonyl (C=O) groups is 2. The Morgan fingerprint density at radius 2 is 1.85 bits per heavy atom. The van der Waals surface area contributed by atoms with E-state index in [0.29, 0.717) is 13.0 Å². The number of hydrogen-bond donors (Lipinski definition) is 0. The Bertz CT molecular complexity index is 762. The van der Waals surface area contributed by atoms with Crippen molar-refractivity contribution in [1.82, 2.24) is 4.90 Å². The maximum Gasteiger partial charge on any atom is 0.393 e. The summed E-state index contributed by atoms with van der Waals surface area (Å²) in [5.41, 5.74) is 3.35. The number of piperidine rings is 1. The molecule has 0 aromatic heterocycles. The molecule has 2 atom stereocenters. The van der Waals surface area contributed by atoms with Crippen LogP contribution in [0.4, 0.5) is 18.9 Å². The van der Waals surface area contributed by atoms with Crippen LogP contribution < -0.4 is 4.90 Å². The lowest BCUT2D eigenvalue weighted by Crippen LogP contribution is -2.47. The molecule has 1 aromatic carbocycles. The summed E-state index contributed by atoms with van der Waals surface area (Å²) in [6.45, 7) is 0.310. The third-order valence-corrected chi connectivity index (χ3v) is 6.06. The van der Waals surface area contributed by atoms with Gasteiger partial charge in [-0.25, -0.2) is 0 Å². The predicted molar refractivity (Wildman–Crippen MR) is 94.3 cm³/mol. The highest BCUT2D eigenvalue weighted by atomic mass is 19.4. The molecule has 4 nitrogen and oxygen atoms in total. The van der Waals surface area contributed by atoms with E-state index in [1.54, 1.807) is 4.90 Å². The van der Waals surface area contributed by atoms with Gasteiger partial charge in [0, 0.05) is 31.7 Å². The third kappa shape index (κ3) is 3.56. The molecule has 2 aliphatic heterocycles. The van der Waals surface area contributed by atoms with Crippen molar-refractivity contribution in [2.75, 3.05) is 24.5 Å². The van der Waals surface area contributed by atoms with E-state index in [0.717, 1.165) is 24.9 Å². The summed E-state index contributed by atoms with van der Waals surface area (Å²) in [6, 6.07) is 5.97. The van der Waals surface area contributed by atoms with Crippen LogP contribution in [0.3, 0.4) is 0 Å². The van der Waals surface area contributed by atoms with Crippen molar-refractivity contribution >= 4 is 17.5 Å². The van der Waals surface area contributed by atoms with Crippen molar-refractivity contribution in [2.45, 2.75) is 44.7 Å². The van der Waals surface area contributed by atoms with E-state index >= 15 is 0 Å². The fraction of sp³-hybridized carbons (Fsp3) is 0.600. The van der Waals surface area contributed by atoms with Gasteiger partial charge in [0.05, 0.1) is 11.8 Å². The second-order valence-corrected chi connectivity index (χ2v) is 7.88. The average molecular weight is 380 g/mol. The second kappa shape index (κ2) is 6.84. The molecule has 1 aromatic rings. The zero-order valence-electron chi connectivity index (χ0n) is 15.1.